The van der Waals surface area contributed by atoms with Crippen LogP contribution in [0.2, 0.25) is 5.02 Å². The average molecular weight is 390 g/mol. The molecule has 0 unspecified atom stereocenters. The van der Waals surface area contributed by atoms with Crippen molar-refractivity contribution in [1.29, 1.82) is 0 Å². The maximum Gasteiger partial charge on any atom is 0.196 e. The molecule has 0 saturated heterocycles. The molecule has 6 nitrogen and oxygen atoms in total. The van der Waals surface area contributed by atoms with Crippen LogP contribution >= 0.6 is 23.4 Å². The molecule has 0 fully saturated rings. The third-order valence-electron chi connectivity index (χ3n) is 3.67. The van der Waals surface area contributed by atoms with Gasteiger partial charge in [-0.25, -0.2) is 0 Å². The summed E-state index contributed by atoms with van der Waals surface area (Å²) < 4.78 is 12.3. The molecule has 0 saturated carbocycles. The summed E-state index contributed by atoms with van der Waals surface area (Å²) in [5.74, 6) is 1.37. The van der Waals surface area contributed by atoms with E-state index in [1.807, 2.05) is 24.3 Å². The van der Waals surface area contributed by atoms with E-state index in [1.165, 1.54) is 18.9 Å². The summed E-state index contributed by atoms with van der Waals surface area (Å²) >= 11 is 7.38. The predicted octanol–water partition coefficient (Wildman–Crippen LogP) is 3.91. The molecule has 8 heteroatoms. The zero-order valence-corrected chi connectivity index (χ0v) is 15.8. The topological polar surface area (TPSA) is 66.2 Å². The number of Topliss-reactive ketones (excluding diaryl/α,β-unsaturated/α-hetero) is 1. The number of nitrogens with zero attached hydrogens (tertiary/aromatic N) is 3. The molecule has 0 aliphatic heterocycles. The number of hydrogen-bond donors (Lipinski definition) is 0. The van der Waals surface area contributed by atoms with Crippen molar-refractivity contribution in [1.82, 2.24) is 14.8 Å². The van der Waals surface area contributed by atoms with Gasteiger partial charge in [0.15, 0.2) is 10.9 Å². The molecule has 0 aliphatic carbocycles. The van der Waals surface area contributed by atoms with Crippen LogP contribution in [0.15, 0.2) is 53.9 Å². The number of aromatic nitrogens is 3. The number of benzene rings is 2. The van der Waals surface area contributed by atoms with Gasteiger partial charge >= 0.3 is 0 Å². The first-order valence-corrected chi connectivity index (χ1v) is 9.03. The van der Waals surface area contributed by atoms with Gasteiger partial charge in [0.2, 0.25) is 0 Å². The second kappa shape index (κ2) is 8.25. The van der Waals surface area contributed by atoms with Crippen LogP contribution in [-0.4, -0.2) is 40.5 Å². The summed E-state index contributed by atoms with van der Waals surface area (Å²) in [6.45, 7) is 0. The van der Waals surface area contributed by atoms with E-state index in [9.17, 15) is 4.79 Å². The number of carbonyl (C=O) groups is 1. The fraction of sp³-hybridized carbons (Fsp3) is 0.167. The molecule has 0 atom stereocenters. The lowest BCUT2D eigenvalue weighted by Crippen LogP contribution is -2.05. The van der Waals surface area contributed by atoms with E-state index in [4.69, 9.17) is 21.1 Å². The highest BCUT2D eigenvalue weighted by atomic mass is 35.5. The number of carbonyl (C=O) groups excluding carboxylic acids is 1. The Kier molecular flexibility index (Phi) is 5.80. The second-order valence-electron chi connectivity index (χ2n) is 5.22. The quantitative estimate of drug-likeness (QED) is 0.451. The van der Waals surface area contributed by atoms with Crippen LogP contribution < -0.4 is 9.47 Å². The molecule has 26 heavy (non-hydrogen) atoms. The zero-order valence-electron chi connectivity index (χ0n) is 14.2. The number of ether oxygens (including phenoxy) is 2. The van der Waals surface area contributed by atoms with Crippen LogP contribution in [0.1, 0.15) is 10.4 Å². The van der Waals surface area contributed by atoms with E-state index < -0.39 is 0 Å². The smallest absolute Gasteiger partial charge is 0.196 e. The SMILES string of the molecule is COc1ccc(C(=O)CSc2nncn2-c2ccccc2OC)cc1Cl. The summed E-state index contributed by atoms with van der Waals surface area (Å²) in [7, 11) is 3.14. The Morgan fingerprint density at radius 2 is 1.92 bits per heavy atom. The number of hydrogen-bond acceptors (Lipinski definition) is 6. The summed E-state index contributed by atoms with van der Waals surface area (Å²) in [6, 6.07) is 12.5. The van der Waals surface area contributed by atoms with Crippen LogP contribution in [0.3, 0.4) is 0 Å². The molecule has 0 aliphatic rings. The molecular formula is C18H16ClN3O3S. The van der Waals surface area contributed by atoms with Gasteiger partial charge in [-0.15, -0.1) is 10.2 Å². The van der Waals surface area contributed by atoms with Crippen molar-refractivity contribution < 1.29 is 14.3 Å². The van der Waals surface area contributed by atoms with Gasteiger partial charge in [-0.05, 0) is 30.3 Å². The molecule has 1 heterocycles. The first-order chi connectivity index (χ1) is 12.6. The van der Waals surface area contributed by atoms with Gasteiger partial charge in [-0.1, -0.05) is 35.5 Å². The fourth-order valence-corrected chi connectivity index (χ4v) is 3.44. The standard InChI is InChI=1S/C18H16ClN3O3S/c1-24-16-8-7-12(9-13(16)19)15(23)10-26-18-21-20-11-22(18)14-5-3-4-6-17(14)25-2/h3-9,11H,10H2,1-2H3. The minimum atomic E-state index is -0.0610. The number of rotatable bonds is 7. The Morgan fingerprint density at radius 1 is 1.15 bits per heavy atom. The second-order valence-corrected chi connectivity index (χ2v) is 6.57. The molecule has 0 radical (unpaired) electrons. The highest BCUT2D eigenvalue weighted by Gasteiger charge is 2.15. The van der Waals surface area contributed by atoms with Gasteiger partial charge in [-0.3, -0.25) is 9.36 Å². The molecular weight excluding hydrogens is 374 g/mol. The molecule has 0 amide bonds. The van der Waals surface area contributed by atoms with Gasteiger partial charge in [0, 0.05) is 5.56 Å². The van der Waals surface area contributed by atoms with Gasteiger partial charge < -0.3 is 9.47 Å². The fourth-order valence-electron chi connectivity index (χ4n) is 2.37. The largest absolute Gasteiger partial charge is 0.495 e. The highest BCUT2D eigenvalue weighted by molar-refractivity contribution is 7.99. The minimum Gasteiger partial charge on any atom is -0.495 e. The Hall–Kier alpha value is -2.51. The number of methoxy groups -OCH3 is 2. The third-order valence-corrected chi connectivity index (χ3v) is 4.91. The summed E-state index contributed by atoms with van der Waals surface area (Å²) in [5, 5.41) is 9.05. The van der Waals surface area contributed by atoms with Crippen molar-refractivity contribution in [2.45, 2.75) is 5.16 Å². The predicted molar refractivity (Wildman–Crippen MR) is 101 cm³/mol. The lowest BCUT2D eigenvalue weighted by Gasteiger charge is -2.10. The van der Waals surface area contributed by atoms with Crippen molar-refractivity contribution in [2.75, 3.05) is 20.0 Å². The molecule has 2 aromatic carbocycles. The number of thioether (sulfide) groups is 1. The summed E-state index contributed by atoms with van der Waals surface area (Å²) in [4.78, 5) is 12.5. The van der Waals surface area contributed by atoms with Crippen molar-refractivity contribution in [3.63, 3.8) is 0 Å². The maximum atomic E-state index is 12.5. The maximum absolute atomic E-state index is 12.5. The van der Waals surface area contributed by atoms with Crippen molar-refractivity contribution >= 4 is 29.1 Å². The van der Waals surface area contributed by atoms with E-state index in [1.54, 1.807) is 36.2 Å². The molecule has 3 rings (SSSR count). The normalized spacial score (nSPS) is 10.6. The van der Waals surface area contributed by atoms with Gasteiger partial charge in [0.25, 0.3) is 0 Å². The van der Waals surface area contributed by atoms with E-state index in [0.717, 1.165) is 5.69 Å². The number of halogens is 1. The van der Waals surface area contributed by atoms with Gasteiger partial charge in [-0.2, -0.15) is 0 Å². The number of para-hydroxylation sites is 2. The lowest BCUT2D eigenvalue weighted by molar-refractivity contribution is 0.102. The molecule has 134 valence electrons. The highest BCUT2D eigenvalue weighted by Crippen LogP contribution is 2.28. The Balaban J connectivity index is 1.76. The van der Waals surface area contributed by atoms with E-state index >= 15 is 0 Å². The van der Waals surface area contributed by atoms with Crippen LogP contribution in [0.25, 0.3) is 5.69 Å². The van der Waals surface area contributed by atoms with Crippen molar-refractivity contribution in [3.05, 3.63) is 59.4 Å². The Bertz CT molecular complexity index is 930. The zero-order chi connectivity index (χ0) is 18.5. The van der Waals surface area contributed by atoms with E-state index in [2.05, 4.69) is 10.2 Å². The van der Waals surface area contributed by atoms with Crippen LogP contribution in [0.4, 0.5) is 0 Å². The lowest BCUT2D eigenvalue weighted by atomic mass is 10.1. The molecule has 3 aromatic rings. The molecule has 0 bridgehead atoms. The van der Waals surface area contributed by atoms with Gasteiger partial charge in [0.1, 0.15) is 17.8 Å². The van der Waals surface area contributed by atoms with Crippen LogP contribution in [0, 0.1) is 0 Å². The minimum absolute atomic E-state index is 0.0610. The van der Waals surface area contributed by atoms with E-state index in [0.29, 0.717) is 27.2 Å². The number of ketones is 1. The summed E-state index contributed by atoms with van der Waals surface area (Å²) in [6.07, 6.45) is 1.59. The summed E-state index contributed by atoms with van der Waals surface area (Å²) in [5.41, 5.74) is 1.33. The Morgan fingerprint density at radius 3 is 2.65 bits per heavy atom. The first-order valence-electron chi connectivity index (χ1n) is 7.67. The Labute approximate surface area is 160 Å². The third kappa shape index (κ3) is 3.84. The van der Waals surface area contributed by atoms with E-state index in [-0.39, 0.29) is 11.5 Å². The van der Waals surface area contributed by atoms with Gasteiger partial charge in [0.05, 0.1) is 30.7 Å². The van der Waals surface area contributed by atoms with Crippen molar-refractivity contribution in [3.8, 4) is 17.2 Å². The van der Waals surface area contributed by atoms with Crippen molar-refractivity contribution in [2.24, 2.45) is 0 Å². The monoisotopic (exact) mass is 389 g/mol. The average Bonchev–Trinajstić information content (AvgIpc) is 3.14. The molecule has 1 aromatic heterocycles. The van der Waals surface area contributed by atoms with Crippen LogP contribution in [0.5, 0.6) is 11.5 Å². The molecule has 0 spiro atoms. The first kappa shape index (κ1) is 18.3. The molecule has 0 N–H and O–H groups in total. The van der Waals surface area contributed by atoms with Crippen LogP contribution in [-0.2, 0) is 0 Å².